The fourth-order valence-corrected chi connectivity index (χ4v) is 1.79. The molecule has 1 rings (SSSR count). The minimum atomic E-state index is 0. The topological polar surface area (TPSA) is 36.9 Å². The standard InChI is InChI=1S/C12H21N3O.HI/c1-4-7-14-12(13-5-2)15(3)9-11-6-8-16-10-11;/h1,11H,5-10H2,2-3H3,(H,13,14);1H. The molecule has 0 saturated carbocycles. The van der Waals surface area contributed by atoms with Crippen LogP contribution in [0.5, 0.6) is 0 Å². The van der Waals surface area contributed by atoms with Crippen molar-refractivity contribution in [3.63, 3.8) is 0 Å². The molecule has 0 radical (unpaired) electrons. The van der Waals surface area contributed by atoms with Crippen molar-refractivity contribution >= 4 is 29.9 Å². The lowest BCUT2D eigenvalue weighted by Gasteiger charge is -2.24. The number of nitrogens with one attached hydrogen (secondary N) is 1. The van der Waals surface area contributed by atoms with Gasteiger partial charge >= 0.3 is 0 Å². The summed E-state index contributed by atoms with van der Waals surface area (Å²) in [6, 6.07) is 0. The Hall–Kier alpha value is -0.480. The number of halogens is 1. The Morgan fingerprint density at radius 3 is 2.94 bits per heavy atom. The van der Waals surface area contributed by atoms with Crippen LogP contribution in [0.25, 0.3) is 0 Å². The van der Waals surface area contributed by atoms with E-state index in [0.29, 0.717) is 12.5 Å². The number of nitrogens with zero attached hydrogens (tertiary/aromatic N) is 2. The Kier molecular flexibility index (Phi) is 9.27. The number of hydrogen-bond donors (Lipinski definition) is 1. The van der Waals surface area contributed by atoms with Gasteiger partial charge in [0, 0.05) is 32.7 Å². The lowest BCUT2D eigenvalue weighted by atomic mass is 10.1. The maximum absolute atomic E-state index is 5.36. The smallest absolute Gasteiger partial charge is 0.194 e. The van der Waals surface area contributed by atoms with Gasteiger partial charge in [-0.2, -0.15) is 0 Å². The van der Waals surface area contributed by atoms with E-state index in [1.165, 1.54) is 0 Å². The third kappa shape index (κ3) is 6.13. The highest BCUT2D eigenvalue weighted by molar-refractivity contribution is 14.0. The van der Waals surface area contributed by atoms with Crippen LogP contribution in [0.1, 0.15) is 13.3 Å². The first kappa shape index (κ1) is 16.5. The molecule has 0 amide bonds. The first-order chi connectivity index (χ1) is 7.77. The molecule has 0 aliphatic carbocycles. The van der Waals surface area contributed by atoms with Gasteiger partial charge in [-0.25, -0.2) is 4.99 Å². The predicted octanol–water partition coefficient (Wildman–Crippen LogP) is 1.17. The van der Waals surface area contributed by atoms with Crippen LogP contribution in [0.4, 0.5) is 0 Å². The summed E-state index contributed by atoms with van der Waals surface area (Å²) in [7, 11) is 2.04. The minimum absolute atomic E-state index is 0. The van der Waals surface area contributed by atoms with E-state index in [9.17, 15) is 0 Å². The number of rotatable bonds is 4. The SMILES string of the molecule is C#CCN=C(NCC)N(C)CC1CCOC1.I. The Morgan fingerprint density at radius 2 is 2.41 bits per heavy atom. The molecule has 0 aromatic rings. The molecule has 4 nitrogen and oxygen atoms in total. The van der Waals surface area contributed by atoms with Gasteiger partial charge in [-0.3, -0.25) is 0 Å². The van der Waals surface area contributed by atoms with Gasteiger partial charge in [0.1, 0.15) is 6.54 Å². The first-order valence-corrected chi connectivity index (χ1v) is 5.78. The highest BCUT2D eigenvalue weighted by Crippen LogP contribution is 2.13. The van der Waals surface area contributed by atoms with Crippen molar-refractivity contribution < 1.29 is 4.74 Å². The number of terminal acetylenes is 1. The van der Waals surface area contributed by atoms with Crippen molar-refractivity contribution in [3.05, 3.63) is 0 Å². The molecule has 0 aromatic carbocycles. The summed E-state index contributed by atoms with van der Waals surface area (Å²) in [5, 5.41) is 3.23. The fraction of sp³-hybridized carbons (Fsp3) is 0.750. The average Bonchev–Trinajstić information content (AvgIpc) is 2.76. The van der Waals surface area contributed by atoms with Crippen molar-refractivity contribution in [2.24, 2.45) is 10.9 Å². The summed E-state index contributed by atoms with van der Waals surface area (Å²) < 4.78 is 5.36. The third-order valence-corrected chi connectivity index (χ3v) is 2.57. The summed E-state index contributed by atoms with van der Waals surface area (Å²) in [6.07, 6.45) is 6.35. The van der Waals surface area contributed by atoms with Crippen molar-refractivity contribution in [1.29, 1.82) is 0 Å². The largest absolute Gasteiger partial charge is 0.381 e. The van der Waals surface area contributed by atoms with Gasteiger partial charge in [-0.1, -0.05) is 5.92 Å². The van der Waals surface area contributed by atoms with E-state index < -0.39 is 0 Å². The molecule has 1 atom stereocenters. The summed E-state index contributed by atoms with van der Waals surface area (Å²) in [5.74, 6) is 4.02. The lowest BCUT2D eigenvalue weighted by Crippen LogP contribution is -2.41. The average molecular weight is 351 g/mol. The zero-order valence-corrected chi connectivity index (χ0v) is 12.9. The quantitative estimate of drug-likeness (QED) is 0.358. The number of hydrogen-bond acceptors (Lipinski definition) is 2. The van der Waals surface area contributed by atoms with Gasteiger partial charge in [0.25, 0.3) is 0 Å². The Morgan fingerprint density at radius 1 is 1.65 bits per heavy atom. The monoisotopic (exact) mass is 351 g/mol. The molecule has 1 fully saturated rings. The molecular formula is C12H22IN3O. The number of aliphatic imine (C=N–C) groups is 1. The lowest BCUT2D eigenvalue weighted by molar-refractivity contribution is 0.181. The van der Waals surface area contributed by atoms with Gasteiger partial charge in [0.05, 0.1) is 6.61 Å². The van der Waals surface area contributed by atoms with Gasteiger partial charge < -0.3 is 15.0 Å². The van der Waals surface area contributed by atoms with Crippen molar-refractivity contribution in [2.45, 2.75) is 13.3 Å². The fourth-order valence-electron chi connectivity index (χ4n) is 1.79. The molecule has 17 heavy (non-hydrogen) atoms. The second kappa shape index (κ2) is 9.54. The van der Waals surface area contributed by atoms with Crippen LogP contribution in [0.3, 0.4) is 0 Å². The minimum Gasteiger partial charge on any atom is -0.381 e. The second-order valence-corrected chi connectivity index (χ2v) is 3.98. The Bertz CT molecular complexity index is 269. The van der Waals surface area contributed by atoms with Crippen LogP contribution in [-0.4, -0.2) is 50.8 Å². The number of ether oxygens (including phenoxy) is 1. The maximum Gasteiger partial charge on any atom is 0.194 e. The summed E-state index contributed by atoms with van der Waals surface area (Å²) >= 11 is 0. The van der Waals surface area contributed by atoms with E-state index in [0.717, 1.165) is 38.7 Å². The van der Waals surface area contributed by atoms with Crippen LogP contribution in [0, 0.1) is 18.3 Å². The molecule has 5 heteroatoms. The molecule has 1 unspecified atom stereocenters. The molecule has 1 aliphatic rings. The molecule has 98 valence electrons. The highest BCUT2D eigenvalue weighted by atomic mass is 127. The molecule has 0 aromatic heterocycles. The van der Waals surface area contributed by atoms with E-state index in [1.54, 1.807) is 0 Å². The van der Waals surface area contributed by atoms with Crippen LogP contribution in [0.15, 0.2) is 4.99 Å². The zero-order chi connectivity index (χ0) is 11.8. The second-order valence-electron chi connectivity index (χ2n) is 3.98. The molecule has 0 spiro atoms. The van der Waals surface area contributed by atoms with Gasteiger partial charge in [0.15, 0.2) is 5.96 Å². The summed E-state index contributed by atoms with van der Waals surface area (Å²) in [4.78, 5) is 6.45. The summed E-state index contributed by atoms with van der Waals surface area (Å²) in [6.45, 7) is 6.05. The van der Waals surface area contributed by atoms with Crippen LogP contribution in [-0.2, 0) is 4.74 Å². The molecule has 1 heterocycles. The van der Waals surface area contributed by atoms with Crippen molar-refractivity contribution in [1.82, 2.24) is 10.2 Å². The maximum atomic E-state index is 5.36. The summed E-state index contributed by atoms with van der Waals surface area (Å²) in [5.41, 5.74) is 0. The van der Waals surface area contributed by atoms with Crippen LogP contribution >= 0.6 is 24.0 Å². The Labute approximate surface area is 121 Å². The van der Waals surface area contributed by atoms with E-state index in [-0.39, 0.29) is 24.0 Å². The molecular weight excluding hydrogens is 329 g/mol. The first-order valence-electron chi connectivity index (χ1n) is 5.78. The normalized spacial score (nSPS) is 19.4. The zero-order valence-electron chi connectivity index (χ0n) is 10.6. The molecule has 1 saturated heterocycles. The van der Waals surface area contributed by atoms with Crippen LogP contribution < -0.4 is 5.32 Å². The number of guanidine groups is 1. The molecule has 0 bridgehead atoms. The predicted molar refractivity (Wildman–Crippen MR) is 81.8 cm³/mol. The van der Waals surface area contributed by atoms with Crippen molar-refractivity contribution in [2.75, 3.05) is 39.9 Å². The highest BCUT2D eigenvalue weighted by Gasteiger charge is 2.18. The third-order valence-electron chi connectivity index (χ3n) is 2.57. The Balaban J connectivity index is 0.00000256. The van der Waals surface area contributed by atoms with Crippen LogP contribution in [0.2, 0.25) is 0 Å². The van der Waals surface area contributed by atoms with E-state index >= 15 is 0 Å². The van der Waals surface area contributed by atoms with E-state index in [4.69, 9.17) is 11.2 Å². The van der Waals surface area contributed by atoms with Gasteiger partial charge in [0.2, 0.25) is 0 Å². The van der Waals surface area contributed by atoms with Crippen molar-refractivity contribution in [3.8, 4) is 12.3 Å². The molecule has 1 N–H and O–H groups in total. The van der Waals surface area contributed by atoms with E-state index in [2.05, 4.69) is 28.1 Å². The molecule has 1 aliphatic heterocycles. The van der Waals surface area contributed by atoms with Gasteiger partial charge in [-0.05, 0) is 13.3 Å². The van der Waals surface area contributed by atoms with Gasteiger partial charge in [-0.15, -0.1) is 30.4 Å². The van der Waals surface area contributed by atoms with E-state index in [1.807, 2.05) is 7.05 Å².